The van der Waals surface area contributed by atoms with E-state index in [1.165, 1.54) is 0 Å². The molecule has 108 valence electrons. The van der Waals surface area contributed by atoms with E-state index in [4.69, 9.17) is 4.74 Å². The molecule has 5 nitrogen and oxygen atoms in total. The molecule has 3 atom stereocenters. The molecule has 5 heteroatoms. The summed E-state index contributed by atoms with van der Waals surface area (Å²) in [6, 6.07) is -0.423. The van der Waals surface area contributed by atoms with Gasteiger partial charge in [-0.05, 0) is 40.0 Å². The Kier molecular flexibility index (Phi) is 3.60. The monoisotopic (exact) mass is 268 g/mol. The Labute approximate surface area is 114 Å². The van der Waals surface area contributed by atoms with Gasteiger partial charge in [0, 0.05) is 6.61 Å². The summed E-state index contributed by atoms with van der Waals surface area (Å²) in [5, 5.41) is 2.84. The van der Waals surface area contributed by atoms with E-state index >= 15 is 0 Å². The van der Waals surface area contributed by atoms with Crippen molar-refractivity contribution in [1.82, 2.24) is 10.2 Å². The first-order valence-electron chi connectivity index (χ1n) is 7.08. The van der Waals surface area contributed by atoms with Crippen LogP contribution in [0.4, 0.5) is 0 Å². The number of ether oxygens (including phenoxy) is 1. The van der Waals surface area contributed by atoms with E-state index in [0.29, 0.717) is 13.0 Å². The minimum atomic E-state index is -0.779. The van der Waals surface area contributed by atoms with E-state index in [-0.39, 0.29) is 17.4 Å². The van der Waals surface area contributed by atoms with Gasteiger partial charge in [-0.25, -0.2) is 0 Å². The predicted molar refractivity (Wildman–Crippen MR) is 71.6 cm³/mol. The number of piperazine rings is 1. The lowest BCUT2D eigenvalue weighted by atomic mass is 9.90. The second kappa shape index (κ2) is 4.78. The van der Waals surface area contributed by atoms with E-state index in [1.54, 1.807) is 18.7 Å². The normalized spacial score (nSPS) is 39.6. The van der Waals surface area contributed by atoms with Crippen molar-refractivity contribution in [3.63, 3.8) is 0 Å². The summed E-state index contributed by atoms with van der Waals surface area (Å²) in [6.45, 7) is 8.75. The van der Waals surface area contributed by atoms with Crippen molar-refractivity contribution in [2.75, 3.05) is 13.2 Å². The molecule has 0 aromatic heterocycles. The topological polar surface area (TPSA) is 58.6 Å². The van der Waals surface area contributed by atoms with E-state index in [1.807, 2.05) is 13.8 Å². The fourth-order valence-corrected chi connectivity index (χ4v) is 2.83. The third kappa shape index (κ3) is 2.48. The molecule has 3 unspecified atom stereocenters. The second-order valence-electron chi connectivity index (χ2n) is 6.19. The maximum absolute atomic E-state index is 12.6. The molecule has 2 heterocycles. The molecule has 1 N–H and O–H groups in total. The zero-order chi connectivity index (χ0) is 14.3. The molecule has 2 amide bonds. The predicted octanol–water partition coefficient (Wildman–Crippen LogP) is 1.07. The Morgan fingerprint density at radius 1 is 1.42 bits per heavy atom. The maximum Gasteiger partial charge on any atom is 0.248 e. The van der Waals surface area contributed by atoms with Crippen LogP contribution in [0, 0.1) is 0 Å². The van der Waals surface area contributed by atoms with Gasteiger partial charge < -0.3 is 15.0 Å². The van der Waals surface area contributed by atoms with Crippen LogP contribution in [-0.2, 0) is 14.3 Å². The molecule has 0 saturated carbocycles. The highest BCUT2D eigenvalue weighted by Crippen LogP contribution is 2.29. The van der Waals surface area contributed by atoms with Gasteiger partial charge in [0.2, 0.25) is 11.8 Å². The minimum absolute atomic E-state index is 0.00109. The average molecular weight is 268 g/mol. The lowest BCUT2D eigenvalue weighted by molar-refractivity contribution is -0.157. The van der Waals surface area contributed by atoms with Gasteiger partial charge in [0.1, 0.15) is 11.6 Å². The first kappa shape index (κ1) is 14.3. The summed E-state index contributed by atoms with van der Waals surface area (Å²) < 4.78 is 5.75. The zero-order valence-electron chi connectivity index (χ0n) is 12.3. The number of rotatable bonds is 3. The Balaban J connectivity index is 2.20. The maximum atomic E-state index is 12.6. The highest BCUT2D eigenvalue weighted by molar-refractivity contribution is 5.99. The molecule has 0 radical (unpaired) electrons. The Bertz CT molecular complexity index is 390. The lowest BCUT2D eigenvalue weighted by Gasteiger charge is -2.45. The van der Waals surface area contributed by atoms with E-state index < -0.39 is 11.6 Å². The summed E-state index contributed by atoms with van der Waals surface area (Å²) in [7, 11) is 0. The van der Waals surface area contributed by atoms with Gasteiger partial charge in [0.15, 0.2) is 0 Å². The SMILES string of the molecule is CCC1(C)NC(=O)C(C)N(CC2(C)CCCO2)C1=O. The van der Waals surface area contributed by atoms with Crippen molar-refractivity contribution in [3.8, 4) is 0 Å². The van der Waals surface area contributed by atoms with Crippen LogP contribution in [0.25, 0.3) is 0 Å². The first-order valence-corrected chi connectivity index (χ1v) is 7.08. The van der Waals surface area contributed by atoms with Gasteiger partial charge in [0.05, 0.1) is 12.1 Å². The molecule has 2 fully saturated rings. The minimum Gasteiger partial charge on any atom is -0.373 e. The summed E-state index contributed by atoms with van der Waals surface area (Å²) in [5.74, 6) is -0.0793. The standard InChI is InChI=1S/C14H24N2O3/c1-5-14(4)12(18)16(10(2)11(17)15-14)9-13(3)7-6-8-19-13/h10H,5-9H2,1-4H3,(H,15,17). The molecule has 0 aromatic rings. The number of carbonyl (C=O) groups is 2. The quantitative estimate of drug-likeness (QED) is 0.833. The average Bonchev–Trinajstić information content (AvgIpc) is 2.79. The molecule has 0 aliphatic carbocycles. The van der Waals surface area contributed by atoms with Crippen LogP contribution in [0.2, 0.25) is 0 Å². The van der Waals surface area contributed by atoms with Crippen molar-refractivity contribution in [2.45, 2.75) is 64.1 Å². The highest BCUT2D eigenvalue weighted by Gasteiger charge is 2.47. The van der Waals surface area contributed by atoms with E-state index in [0.717, 1.165) is 19.4 Å². The van der Waals surface area contributed by atoms with Crippen LogP contribution >= 0.6 is 0 Å². The number of amides is 2. The number of hydrogen-bond acceptors (Lipinski definition) is 3. The molecule has 2 aliphatic heterocycles. The molecule has 0 spiro atoms. The van der Waals surface area contributed by atoms with Gasteiger partial charge >= 0.3 is 0 Å². The van der Waals surface area contributed by atoms with Crippen molar-refractivity contribution in [1.29, 1.82) is 0 Å². The molecule has 0 aromatic carbocycles. The van der Waals surface area contributed by atoms with Crippen molar-refractivity contribution in [3.05, 3.63) is 0 Å². The van der Waals surface area contributed by atoms with Gasteiger partial charge in [0.25, 0.3) is 0 Å². The van der Waals surface area contributed by atoms with Gasteiger partial charge in [-0.3, -0.25) is 9.59 Å². The van der Waals surface area contributed by atoms with Crippen LogP contribution in [0.1, 0.15) is 47.0 Å². The molecule has 2 rings (SSSR count). The Morgan fingerprint density at radius 3 is 2.63 bits per heavy atom. The van der Waals surface area contributed by atoms with Crippen LogP contribution in [-0.4, -0.2) is 47.0 Å². The zero-order valence-corrected chi connectivity index (χ0v) is 12.3. The lowest BCUT2D eigenvalue weighted by Crippen LogP contribution is -2.69. The van der Waals surface area contributed by atoms with Crippen molar-refractivity contribution in [2.24, 2.45) is 0 Å². The third-order valence-corrected chi connectivity index (χ3v) is 4.49. The fourth-order valence-electron chi connectivity index (χ4n) is 2.83. The summed E-state index contributed by atoms with van der Waals surface area (Å²) in [6.07, 6.45) is 2.55. The molecule has 19 heavy (non-hydrogen) atoms. The Morgan fingerprint density at radius 2 is 2.11 bits per heavy atom. The molecule has 2 aliphatic rings. The molecular formula is C14H24N2O3. The van der Waals surface area contributed by atoms with E-state index in [2.05, 4.69) is 5.32 Å². The highest BCUT2D eigenvalue weighted by atomic mass is 16.5. The second-order valence-corrected chi connectivity index (χ2v) is 6.19. The largest absolute Gasteiger partial charge is 0.373 e. The Hall–Kier alpha value is -1.10. The first-order chi connectivity index (χ1) is 8.81. The van der Waals surface area contributed by atoms with Crippen LogP contribution in [0.5, 0.6) is 0 Å². The summed E-state index contributed by atoms with van der Waals surface area (Å²) >= 11 is 0. The number of nitrogens with one attached hydrogen (secondary N) is 1. The van der Waals surface area contributed by atoms with Crippen molar-refractivity contribution >= 4 is 11.8 Å². The van der Waals surface area contributed by atoms with Gasteiger partial charge in [-0.15, -0.1) is 0 Å². The fraction of sp³-hybridized carbons (Fsp3) is 0.857. The summed E-state index contributed by atoms with van der Waals surface area (Å²) in [4.78, 5) is 26.4. The van der Waals surface area contributed by atoms with Gasteiger partial charge in [-0.1, -0.05) is 6.92 Å². The van der Waals surface area contributed by atoms with E-state index in [9.17, 15) is 9.59 Å². The molecular weight excluding hydrogens is 244 g/mol. The number of hydrogen-bond donors (Lipinski definition) is 1. The molecule has 0 bridgehead atoms. The number of nitrogens with zero attached hydrogens (tertiary/aromatic N) is 1. The van der Waals surface area contributed by atoms with Crippen LogP contribution in [0.15, 0.2) is 0 Å². The van der Waals surface area contributed by atoms with Crippen LogP contribution < -0.4 is 5.32 Å². The summed E-state index contributed by atoms with van der Waals surface area (Å²) in [5.41, 5.74) is -1.09. The van der Waals surface area contributed by atoms with Crippen LogP contribution in [0.3, 0.4) is 0 Å². The number of carbonyl (C=O) groups excluding carboxylic acids is 2. The van der Waals surface area contributed by atoms with Crippen molar-refractivity contribution < 1.29 is 14.3 Å². The smallest absolute Gasteiger partial charge is 0.248 e. The molecule has 2 saturated heterocycles. The third-order valence-electron chi connectivity index (χ3n) is 4.49. The van der Waals surface area contributed by atoms with Gasteiger partial charge in [-0.2, -0.15) is 0 Å².